The van der Waals surface area contributed by atoms with Crippen molar-refractivity contribution in [1.82, 2.24) is 0 Å². The van der Waals surface area contributed by atoms with Gasteiger partial charge in [-0.3, -0.25) is 0 Å². The van der Waals surface area contributed by atoms with Gasteiger partial charge in [-0.1, -0.05) is 59.3 Å². The molecule has 0 bridgehead atoms. The van der Waals surface area contributed by atoms with Gasteiger partial charge in [-0.2, -0.15) is 0 Å². The highest BCUT2D eigenvalue weighted by Crippen LogP contribution is 2.72. The quantitative estimate of drug-likeness (QED) is 0.449. The average Bonchev–Trinajstić information content (AvgIpc) is 3.34. The first-order chi connectivity index (χ1) is 14.5. The highest BCUT2D eigenvalue weighted by molar-refractivity contribution is 5.45. The molecule has 4 aliphatic carbocycles. The first-order valence-electron chi connectivity index (χ1n) is 13.0. The number of fused-ring (bicyclic) bond motifs is 3. The number of rotatable bonds is 4. The molecule has 0 amide bonds. The lowest BCUT2D eigenvalue weighted by atomic mass is 9.50. The molecule has 0 radical (unpaired) electrons. The maximum absolute atomic E-state index is 11.5. The molecular formula is C28H44O3. The summed E-state index contributed by atoms with van der Waals surface area (Å²) >= 11 is 0. The summed E-state index contributed by atoms with van der Waals surface area (Å²) in [5.41, 5.74) is 2.84. The summed E-state index contributed by atoms with van der Waals surface area (Å²) in [5, 5.41) is 21.9. The first-order valence-corrected chi connectivity index (χ1v) is 13.0. The van der Waals surface area contributed by atoms with Gasteiger partial charge in [0, 0.05) is 11.8 Å². The van der Waals surface area contributed by atoms with Crippen LogP contribution in [0.1, 0.15) is 86.5 Å². The molecule has 1 unspecified atom stereocenters. The fraction of sp³-hybridized carbons (Fsp3) is 0.857. The lowest BCUT2D eigenvalue weighted by Gasteiger charge is -2.54. The van der Waals surface area contributed by atoms with Crippen LogP contribution in [0, 0.1) is 40.4 Å². The zero-order valence-electron chi connectivity index (χ0n) is 20.5. The second-order valence-electron chi connectivity index (χ2n) is 12.6. The number of aliphatic hydroxyl groups excluding tert-OH is 2. The van der Waals surface area contributed by atoms with E-state index in [0.717, 1.165) is 19.3 Å². The number of allylic oxidation sites excluding steroid dienone is 2. The van der Waals surface area contributed by atoms with Gasteiger partial charge in [-0.05, 0) is 79.1 Å². The Kier molecular flexibility index (Phi) is 5.13. The SMILES string of the molecule is CC(C)C(C)/C=C/[C@@H](C)[C@H]1CC[C@H]2C3=C(CC[C@]12C)[C@@]1(C)CC[C@H](O)C[C@]12O[C@@H]2[C@@H]3O. The summed E-state index contributed by atoms with van der Waals surface area (Å²) in [6.07, 6.45) is 11.4. The van der Waals surface area contributed by atoms with Crippen LogP contribution in [0.5, 0.6) is 0 Å². The number of hydrogen-bond acceptors (Lipinski definition) is 3. The van der Waals surface area contributed by atoms with E-state index in [4.69, 9.17) is 4.74 Å². The number of aliphatic hydroxyl groups is 2. The summed E-state index contributed by atoms with van der Waals surface area (Å²) in [7, 11) is 0. The third kappa shape index (κ3) is 2.95. The fourth-order valence-electron chi connectivity index (χ4n) is 8.47. The van der Waals surface area contributed by atoms with E-state index in [1.807, 2.05) is 0 Å². The van der Waals surface area contributed by atoms with E-state index < -0.39 is 6.10 Å². The molecule has 174 valence electrons. The molecule has 1 heterocycles. The zero-order chi connectivity index (χ0) is 22.3. The van der Waals surface area contributed by atoms with Gasteiger partial charge < -0.3 is 14.9 Å². The molecule has 0 aromatic rings. The second-order valence-corrected chi connectivity index (χ2v) is 12.6. The Morgan fingerprint density at radius 1 is 1.00 bits per heavy atom. The van der Waals surface area contributed by atoms with Crippen molar-refractivity contribution >= 4 is 0 Å². The molecule has 1 spiro atoms. The van der Waals surface area contributed by atoms with Crippen LogP contribution in [0.3, 0.4) is 0 Å². The maximum Gasteiger partial charge on any atom is 0.118 e. The summed E-state index contributed by atoms with van der Waals surface area (Å²) in [4.78, 5) is 0. The maximum atomic E-state index is 11.5. The van der Waals surface area contributed by atoms with Gasteiger partial charge in [0.2, 0.25) is 0 Å². The summed E-state index contributed by atoms with van der Waals surface area (Å²) in [6.45, 7) is 14.3. The molecule has 5 aliphatic rings. The monoisotopic (exact) mass is 428 g/mol. The van der Waals surface area contributed by atoms with Gasteiger partial charge >= 0.3 is 0 Å². The molecule has 3 heteroatoms. The normalized spacial score (nSPS) is 50.7. The van der Waals surface area contributed by atoms with E-state index in [1.54, 1.807) is 0 Å². The summed E-state index contributed by atoms with van der Waals surface area (Å²) < 4.78 is 6.33. The van der Waals surface area contributed by atoms with Crippen LogP contribution in [0.25, 0.3) is 0 Å². The van der Waals surface area contributed by atoms with E-state index in [0.29, 0.717) is 36.0 Å². The third-order valence-corrected chi connectivity index (χ3v) is 10.9. The van der Waals surface area contributed by atoms with Gasteiger partial charge in [0.05, 0.1) is 6.10 Å². The minimum atomic E-state index is -0.469. The molecule has 0 aromatic carbocycles. The van der Waals surface area contributed by atoms with Crippen molar-refractivity contribution in [2.24, 2.45) is 40.4 Å². The molecule has 1 aliphatic heterocycles. The molecule has 1 saturated heterocycles. The molecule has 31 heavy (non-hydrogen) atoms. The van der Waals surface area contributed by atoms with Gasteiger partial charge in [0.15, 0.2) is 0 Å². The average molecular weight is 429 g/mol. The highest BCUT2D eigenvalue weighted by atomic mass is 16.6. The number of hydrogen-bond donors (Lipinski definition) is 2. The van der Waals surface area contributed by atoms with E-state index in [1.165, 1.54) is 30.4 Å². The van der Waals surface area contributed by atoms with Gasteiger partial charge in [-0.25, -0.2) is 0 Å². The number of epoxide rings is 1. The van der Waals surface area contributed by atoms with Crippen LogP contribution < -0.4 is 0 Å². The first kappa shape index (κ1) is 22.2. The van der Waals surface area contributed by atoms with E-state index >= 15 is 0 Å². The Labute approximate surface area is 189 Å². The second kappa shape index (κ2) is 7.18. The topological polar surface area (TPSA) is 53.0 Å². The molecular weight excluding hydrogens is 384 g/mol. The molecule has 5 rings (SSSR count). The van der Waals surface area contributed by atoms with Crippen molar-refractivity contribution in [3.05, 3.63) is 23.3 Å². The third-order valence-electron chi connectivity index (χ3n) is 10.9. The van der Waals surface area contributed by atoms with Crippen molar-refractivity contribution in [2.45, 2.75) is 110 Å². The van der Waals surface area contributed by atoms with Crippen molar-refractivity contribution in [1.29, 1.82) is 0 Å². The standard InChI is InChI=1S/C28H44O3/c1-16(2)17(3)7-8-18(4)20-9-10-21-23-22(12-13-26(20,21)5)27(6)14-11-19(29)15-28(27)25(31-28)24(23)30/h7-8,16-21,24-25,29-30H,9-15H2,1-6H3/b8-7+/t17?,18-,19+,20-,21+,24-,25-,26-,27-,28-/m1/s1. The molecule has 10 atom stereocenters. The highest BCUT2D eigenvalue weighted by Gasteiger charge is 2.76. The van der Waals surface area contributed by atoms with Crippen molar-refractivity contribution in [3.8, 4) is 0 Å². The van der Waals surface area contributed by atoms with E-state index in [9.17, 15) is 10.2 Å². The number of ether oxygens (including phenoxy) is 1. The van der Waals surface area contributed by atoms with Crippen LogP contribution in [-0.2, 0) is 4.74 Å². The Morgan fingerprint density at radius 3 is 2.45 bits per heavy atom. The Balaban J connectivity index is 1.45. The van der Waals surface area contributed by atoms with Gasteiger partial charge in [-0.15, -0.1) is 0 Å². The van der Waals surface area contributed by atoms with Crippen LogP contribution in [0.4, 0.5) is 0 Å². The van der Waals surface area contributed by atoms with Crippen molar-refractivity contribution in [3.63, 3.8) is 0 Å². The lowest BCUT2D eigenvalue weighted by Crippen LogP contribution is -2.55. The van der Waals surface area contributed by atoms with Crippen LogP contribution in [-0.4, -0.2) is 34.1 Å². The molecule has 2 saturated carbocycles. The fourth-order valence-corrected chi connectivity index (χ4v) is 8.47. The summed E-state index contributed by atoms with van der Waals surface area (Å²) in [6, 6.07) is 0. The largest absolute Gasteiger partial charge is 0.393 e. The predicted molar refractivity (Wildman–Crippen MR) is 124 cm³/mol. The van der Waals surface area contributed by atoms with E-state index in [2.05, 4.69) is 53.7 Å². The molecule has 3 fully saturated rings. The van der Waals surface area contributed by atoms with Crippen LogP contribution in [0.2, 0.25) is 0 Å². The minimum Gasteiger partial charge on any atom is -0.393 e. The van der Waals surface area contributed by atoms with Crippen molar-refractivity contribution < 1.29 is 14.9 Å². The van der Waals surface area contributed by atoms with Crippen molar-refractivity contribution in [2.75, 3.05) is 0 Å². The van der Waals surface area contributed by atoms with Crippen LogP contribution in [0.15, 0.2) is 23.3 Å². The lowest BCUT2D eigenvalue weighted by molar-refractivity contribution is -0.000636. The Morgan fingerprint density at radius 2 is 1.74 bits per heavy atom. The van der Waals surface area contributed by atoms with E-state index in [-0.39, 0.29) is 28.6 Å². The predicted octanol–water partition coefficient (Wildman–Crippen LogP) is 5.66. The zero-order valence-corrected chi connectivity index (χ0v) is 20.5. The summed E-state index contributed by atoms with van der Waals surface area (Å²) in [5.74, 6) is 3.05. The Bertz CT molecular complexity index is 798. The smallest absolute Gasteiger partial charge is 0.118 e. The minimum absolute atomic E-state index is 0.00307. The molecule has 0 aromatic heterocycles. The Hall–Kier alpha value is -0.640. The van der Waals surface area contributed by atoms with Crippen LogP contribution >= 0.6 is 0 Å². The molecule has 3 nitrogen and oxygen atoms in total. The van der Waals surface area contributed by atoms with Gasteiger partial charge in [0.1, 0.15) is 17.8 Å². The van der Waals surface area contributed by atoms with Gasteiger partial charge in [0.25, 0.3) is 0 Å². The molecule has 2 N–H and O–H groups in total.